The van der Waals surface area contributed by atoms with Crippen molar-refractivity contribution in [3.63, 3.8) is 0 Å². The van der Waals surface area contributed by atoms with Crippen LogP contribution in [0.4, 0.5) is 0 Å². The topological polar surface area (TPSA) is 59.5 Å². The number of fused-ring (bicyclic) bond motifs is 2. The van der Waals surface area contributed by atoms with Crippen molar-refractivity contribution in [1.29, 1.82) is 0 Å². The van der Waals surface area contributed by atoms with Crippen LogP contribution in [0, 0.1) is 6.92 Å². The molecule has 6 heteroatoms. The Morgan fingerprint density at radius 2 is 2.08 bits per heavy atom. The van der Waals surface area contributed by atoms with Crippen LogP contribution in [0.15, 0.2) is 35.4 Å². The SMILES string of the molecule is Cc1cnc2c(S(=O)(=O)N3CCOC4CCCCC43)cccc2c1. The Morgan fingerprint density at radius 3 is 2.96 bits per heavy atom. The standard InChI is InChI=1S/C18H22N2O3S/c1-13-11-14-5-4-8-17(18(14)19-12-13)24(21,22)20-9-10-23-16-7-3-2-6-15(16)20/h4-5,8,11-12,15-16H,2-3,6-7,9-10H2,1H3. The molecule has 128 valence electrons. The molecule has 1 aromatic heterocycles. The van der Waals surface area contributed by atoms with Crippen molar-refractivity contribution in [3.8, 4) is 0 Å². The molecule has 0 radical (unpaired) electrons. The quantitative estimate of drug-likeness (QED) is 0.839. The number of sulfonamides is 1. The van der Waals surface area contributed by atoms with Crippen LogP contribution in [0.3, 0.4) is 0 Å². The summed E-state index contributed by atoms with van der Waals surface area (Å²) in [5.41, 5.74) is 1.58. The molecular formula is C18H22N2O3S. The van der Waals surface area contributed by atoms with Gasteiger partial charge in [0.2, 0.25) is 10.0 Å². The van der Waals surface area contributed by atoms with Crippen molar-refractivity contribution >= 4 is 20.9 Å². The van der Waals surface area contributed by atoms with Crippen molar-refractivity contribution in [3.05, 3.63) is 36.0 Å². The molecule has 24 heavy (non-hydrogen) atoms. The van der Waals surface area contributed by atoms with Crippen LogP contribution in [0.2, 0.25) is 0 Å². The van der Waals surface area contributed by atoms with Crippen LogP contribution in [0.25, 0.3) is 10.9 Å². The van der Waals surface area contributed by atoms with Crippen LogP contribution in [0.1, 0.15) is 31.2 Å². The maximum absolute atomic E-state index is 13.4. The van der Waals surface area contributed by atoms with Gasteiger partial charge in [-0.25, -0.2) is 8.42 Å². The maximum Gasteiger partial charge on any atom is 0.245 e. The fraction of sp³-hybridized carbons (Fsp3) is 0.500. The summed E-state index contributed by atoms with van der Waals surface area (Å²) >= 11 is 0. The van der Waals surface area contributed by atoms with Crippen molar-refractivity contribution in [1.82, 2.24) is 9.29 Å². The van der Waals surface area contributed by atoms with Crippen LogP contribution in [-0.4, -0.2) is 43.0 Å². The van der Waals surface area contributed by atoms with Crippen molar-refractivity contribution in [2.24, 2.45) is 0 Å². The van der Waals surface area contributed by atoms with Gasteiger partial charge >= 0.3 is 0 Å². The molecule has 0 bridgehead atoms. The molecule has 1 saturated carbocycles. The van der Waals surface area contributed by atoms with Gasteiger partial charge in [0, 0.05) is 18.1 Å². The molecule has 2 aliphatic rings. The van der Waals surface area contributed by atoms with Crippen molar-refractivity contribution in [2.75, 3.05) is 13.2 Å². The summed E-state index contributed by atoms with van der Waals surface area (Å²) in [5, 5.41) is 0.865. The van der Waals surface area contributed by atoms with Gasteiger partial charge in [-0.3, -0.25) is 4.98 Å². The van der Waals surface area contributed by atoms with Gasteiger partial charge in [0.15, 0.2) is 0 Å². The first-order valence-electron chi connectivity index (χ1n) is 8.56. The predicted molar refractivity (Wildman–Crippen MR) is 92.4 cm³/mol. The van der Waals surface area contributed by atoms with Gasteiger partial charge in [0.05, 0.1) is 24.3 Å². The van der Waals surface area contributed by atoms with E-state index in [0.717, 1.165) is 36.6 Å². The molecular weight excluding hydrogens is 324 g/mol. The summed E-state index contributed by atoms with van der Waals surface area (Å²) in [5.74, 6) is 0. The van der Waals surface area contributed by atoms with Gasteiger partial charge in [-0.1, -0.05) is 25.0 Å². The summed E-state index contributed by atoms with van der Waals surface area (Å²) in [7, 11) is -3.58. The lowest BCUT2D eigenvalue weighted by molar-refractivity contribution is -0.0585. The number of hydrogen-bond donors (Lipinski definition) is 0. The molecule has 0 spiro atoms. The Morgan fingerprint density at radius 1 is 1.25 bits per heavy atom. The molecule has 1 aromatic carbocycles. The third kappa shape index (κ3) is 2.62. The zero-order valence-electron chi connectivity index (χ0n) is 13.8. The van der Waals surface area contributed by atoms with Crippen LogP contribution >= 0.6 is 0 Å². The molecule has 1 aliphatic carbocycles. The van der Waals surface area contributed by atoms with Gasteiger partial charge in [-0.05, 0) is 37.5 Å². The lowest BCUT2D eigenvalue weighted by Crippen LogP contribution is -2.54. The highest BCUT2D eigenvalue weighted by molar-refractivity contribution is 7.89. The third-order valence-corrected chi connectivity index (χ3v) is 7.03. The minimum Gasteiger partial charge on any atom is -0.375 e. The third-order valence-electron chi connectivity index (χ3n) is 5.08. The summed E-state index contributed by atoms with van der Waals surface area (Å²) in [6, 6.07) is 7.32. The predicted octanol–water partition coefficient (Wildman–Crippen LogP) is 2.88. The Bertz CT molecular complexity index is 864. The number of para-hydroxylation sites is 1. The number of nitrogens with zero attached hydrogens (tertiary/aromatic N) is 2. The molecule has 2 heterocycles. The lowest BCUT2D eigenvalue weighted by Gasteiger charge is -2.42. The van der Waals surface area contributed by atoms with Gasteiger partial charge in [0.1, 0.15) is 4.90 Å². The number of aryl methyl sites for hydroxylation is 1. The molecule has 2 atom stereocenters. The van der Waals surface area contributed by atoms with E-state index in [-0.39, 0.29) is 12.1 Å². The van der Waals surface area contributed by atoms with E-state index in [4.69, 9.17) is 4.74 Å². The highest BCUT2D eigenvalue weighted by atomic mass is 32.2. The van der Waals surface area contributed by atoms with Crippen LogP contribution < -0.4 is 0 Å². The zero-order valence-corrected chi connectivity index (χ0v) is 14.6. The van der Waals surface area contributed by atoms with E-state index < -0.39 is 10.0 Å². The zero-order chi connectivity index (χ0) is 16.7. The second kappa shape index (κ2) is 6.10. The molecule has 0 amide bonds. The highest BCUT2D eigenvalue weighted by Crippen LogP contribution is 2.34. The number of ether oxygens (including phenoxy) is 1. The van der Waals surface area contributed by atoms with Crippen LogP contribution in [0.5, 0.6) is 0 Å². The maximum atomic E-state index is 13.4. The van der Waals surface area contributed by atoms with Crippen molar-refractivity contribution in [2.45, 2.75) is 49.6 Å². The number of morpholine rings is 1. The van der Waals surface area contributed by atoms with Gasteiger partial charge < -0.3 is 4.74 Å². The monoisotopic (exact) mass is 346 g/mol. The Hall–Kier alpha value is -1.50. The smallest absolute Gasteiger partial charge is 0.245 e. The number of benzene rings is 1. The number of rotatable bonds is 2. The van der Waals surface area contributed by atoms with Crippen LogP contribution in [-0.2, 0) is 14.8 Å². The molecule has 2 unspecified atom stereocenters. The lowest BCUT2D eigenvalue weighted by atomic mass is 9.91. The molecule has 1 saturated heterocycles. The fourth-order valence-electron chi connectivity index (χ4n) is 3.94. The van der Waals surface area contributed by atoms with E-state index >= 15 is 0 Å². The van der Waals surface area contributed by atoms with Gasteiger partial charge in [-0.15, -0.1) is 0 Å². The van der Waals surface area contributed by atoms with E-state index in [9.17, 15) is 8.42 Å². The summed E-state index contributed by atoms with van der Waals surface area (Å²) in [4.78, 5) is 4.72. The summed E-state index contributed by atoms with van der Waals surface area (Å²) < 4.78 is 34.2. The number of hydrogen-bond acceptors (Lipinski definition) is 4. The molecule has 0 N–H and O–H groups in total. The number of pyridine rings is 1. The Kier molecular flexibility index (Phi) is 4.06. The first-order chi connectivity index (χ1) is 11.6. The van der Waals surface area contributed by atoms with Gasteiger partial charge in [-0.2, -0.15) is 4.31 Å². The second-order valence-electron chi connectivity index (χ2n) is 6.72. The first-order valence-corrected chi connectivity index (χ1v) is 10.0. The normalized spacial score (nSPS) is 25.5. The molecule has 1 aliphatic heterocycles. The van der Waals surface area contributed by atoms with E-state index in [1.165, 1.54) is 0 Å². The average Bonchev–Trinajstić information content (AvgIpc) is 2.60. The van der Waals surface area contributed by atoms with Crippen molar-refractivity contribution < 1.29 is 13.2 Å². The summed E-state index contributed by atoms with van der Waals surface area (Å²) in [6.45, 7) is 2.85. The molecule has 2 fully saturated rings. The minimum atomic E-state index is -3.58. The van der Waals surface area contributed by atoms with E-state index in [0.29, 0.717) is 23.6 Å². The summed E-state index contributed by atoms with van der Waals surface area (Å²) in [6.07, 6.45) is 5.76. The molecule has 5 nitrogen and oxygen atoms in total. The van der Waals surface area contributed by atoms with Gasteiger partial charge in [0.25, 0.3) is 0 Å². The largest absolute Gasteiger partial charge is 0.375 e. The Balaban J connectivity index is 1.80. The average molecular weight is 346 g/mol. The minimum absolute atomic E-state index is 0.0347. The fourth-order valence-corrected chi connectivity index (χ4v) is 5.77. The molecule has 2 aromatic rings. The highest BCUT2D eigenvalue weighted by Gasteiger charge is 2.41. The first kappa shape index (κ1) is 16.0. The number of aromatic nitrogens is 1. The van der Waals surface area contributed by atoms with E-state index in [2.05, 4.69) is 4.98 Å². The van der Waals surface area contributed by atoms with E-state index in [1.54, 1.807) is 22.6 Å². The molecule has 4 rings (SSSR count). The Labute approximate surface area is 142 Å². The van der Waals surface area contributed by atoms with E-state index in [1.807, 2.05) is 19.1 Å². The second-order valence-corrected chi connectivity index (χ2v) is 8.58.